The molecule has 1 aliphatic rings. The summed E-state index contributed by atoms with van der Waals surface area (Å²) in [4.78, 5) is 23.9. The number of nitrogens with one attached hydrogen (secondary N) is 1. The lowest BCUT2D eigenvalue weighted by Gasteiger charge is -2.22. The van der Waals surface area contributed by atoms with Crippen molar-refractivity contribution in [1.29, 1.82) is 0 Å². The van der Waals surface area contributed by atoms with Crippen molar-refractivity contribution in [3.8, 4) is 5.69 Å². The maximum Gasteiger partial charge on any atom is 0.305 e. The third kappa shape index (κ3) is 4.61. The normalized spacial score (nSPS) is 14.7. The van der Waals surface area contributed by atoms with Crippen LogP contribution in [0.4, 0.5) is 0 Å². The number of aryl methyl sites for hydroxylation is 1. The minimum Gasteiger partial charge on any atom is -0.469 e. The molecule has 28 heavy (non-hydrogen) atoms. The van der Waals surface area contributed by atoms with Crippen LogP contribution < -0.4 is 5.32 Å². The lowest BCUT2D eigenvalue weighted by Crippen LogP contribution is -2.36. The van der Waals surface area contributed by atoms with Crippen LogP contribution in [0.3, 0.4) is 0 Å². The monoisotopic (exact) mass is 383 g/mol. The van der Waals surface area contributed by atoms with Crippen LogP contribution in [0.2, 0.25) is 0 Å². The Bertz CT molecular complexity index is 833. The summed E-state index contributed by atoms with van der Waals surface area (Å²) in [6.45, 7) is 3.94. The second-order valence-electron chi connectivity index (χ2n) is 7.49. The first-order valence-corrected chi connectivity index (χ1v) is 10.0. The molecule has 0 atom stereocenters. The topological polar surface area (TPSA) is 73.2 Å². The fourth-order valence-electron chi connectivity index (χ4n) is 3.89. The van der Waals surface area contributed by atoms with Gasteiger partial charge < -0.3 is 10.1 Å². The quantitative estimate of drug-likeness (QED) is 0.773. The largest absolute Gasteiger partial charge is 0.469 e. The summed E-state index contributed by atoms with van der Waals surface area (Å²) in [5.74, 6) is -0.231. The predicted molar refractivity (Wildman–Crippen MR) is 108 cm³/mol. The van der Waals surface area contributed by atoms with E-state index in [1.54, 1.807) is 0 Å². The molecule has 1 N–H and O–H groups in total. The number of nitrogens with zero attached hydrogens (tertiary/aromatic N) is 2. The number of methoxy groups -OCH3 is 1. The smallest absolute Gasteiger partial charge is 0.305 e. The van der Waals surface area contributed by atoms with Gasteiger partial charge in [-0.3, -0.25) is 9.59 Å². The zero-order valence-corrected chi connectivity index (χ0v) is 17.0. The Hall–Kier alpha value is -2.63. The third-order valence-electron chi connectivity index (χ3n) is 5.56. The van der Waals surface area contributed by atoms with Gasteiger partial charge >= 0.3 is 5.97 Å². The summed E-state index contributed by atoms with van der Waals surface area (Å²) in [5.41, 5.74) is 4.53. The van der Waals surface area contributed by atoms with E-state index >= 15 is 0 Å². The number of carbonyl (C=O) groups excluding carboxylic acids is 2. The van der Waals surface area contributed by atoms with E-state index in [1.165, 1.54) is 26.4 Å². The van der Waals surface area contributed by atoms with Crippen molar-refractivity contribution in [2.24, 2.45) is 0 Å². The van der Waals surface area contributed by atoms with Crippen LogP contribution in [0, 0.1) is 13.8 Å². The SMILES string of the molecule is COC(=O)CCc1c(C)nn(-c2ccc(C(=O)NC3CCCCC3)cc2)c1C. The van der Waals surface area contributed by atoms with Crippen LogP contribution in [-0.2, 0) is 16.0 Å². The highest BCUT2D eigenvalue weighted by atomic mass is 16.5. The maximum absolute atomic E-state index is 12.5. The van der Waals surface area contributed by atoms with E-state index < -0.39 is 0 Å². The summed E-state index contributed by atoms with van der Waals surface area (Å²) >= 11 is 0. The summed E-state index contributed by atoms with van der Waals surface area (Å²) < 4.78 is 6.59. The van der Waals surface area contributed by atoms with Gasteiger partial charge in [-0.25, -0.2) is 4.68 Å². The second kappa shape index (κ2) is 9.04. The van der Waals surface area contributed by atoms with E-state index in [9.17, 15) is 9.59 Å². The second-order valence-corrected chi connectivity index (χ2v) is 7.49. The average molecular weight is 383 g/mol. The standard InChI is InChI=1S/C22H29N3O3/c1-15-20(13-14-21(26)28-3)16(2)25(24-15)19-11-9-17(10-12-19)22(27)23-18-7-5-4-6-8-18/h9-12,18H,4-8,13-14H2,1-3H3,(H,23,27). The third-order valence-corrected chi connectivity index (χ3v) is 5.56. The number of rotatable bonds is 6. The lowest BCUT2D eigenvalue weighted by atomic mass is 9.95. The first kappa shape index (κ1) is 20.1. The number of ether oxygens (including phenoxy) is 1. The van der Waals surface area contributed by atoms with Gasteiger partial charge in [0.25, 0.3) is 5.91 Å². The number of carbonyl (C=O) groups is 2. The van der Waals surface area contributed by atoms with E-state index in [0.29, 0.717) is 24.4 Å². The molecule has 1 amide bonds. The van der Waals surface area contributed by atoms with Crippen molar-refractivity contribution in [2.75, 3.05) is 7.11 Å². The molecule has 0 bridgehead atoms. The number of benzene rings is 1. The number of aromatic nitrogens is 2. The molecule has 1 saturated carbocycles. The van der Waals surface area contributed by atoms with Crippen molar-refractivity contribution in [3.05, 3.63) is 46.8 Å². The van der Waals surface area contributed by atoms with Crippen molar-refractivity contribution in [3.63, 3.8) is 0 Å². The van der Waals surface area contributed by atoms with E-state index in [0.717, 1.165) is 35.5 Å². The fraction of sp³-hybridized carbons (Fsp3) is 0.500. The van der Waals surface area contributed by atoms with Gasteiger partial charge in [0.05, 0.1) is 18.5 Å². The average Bonchev–Trinajstić information content (AvgIpc) is 3.00. The highest BCUT2D eigenvalue weighted by Crippen LogP contribution is 2.21. The van der Waals surface area contributed by atoms with E-state index in [-0.39, 0.29) is 11.9 Å². The minimum absolute atomic E-state index is 0.00872. The molecule has 0 spiro atoms. The Kier molecular flexibility index (Phi) is 6.49. The van der Waals surface area contributed by atoms with Gasteiger partial charge in [-0.2, -0.15) is 5.10 Å². The molecule has 6 nitrogen and oxygen atoms in total. The van der Waals surface area contributed by atoms with Crippen LogP contribution in [0.5, 0.6) is 0 Å². The van der Waals surface area contributed by atoms with Gasteiger partial charge in [0.2, 0.25) is 0 Å². The summed E-state index contributed by atoms with van der Waals surface area (Å²) in [6, 6.07) is 7.82. The molecule has 1 heterocycles. The highest BCUT2D eigenvalue weighted by molar-refractivity contribution is 5.94. The summed E-state index contributed by atoms with van der Waals surface area (Å²) in [7, 11) is 1.40. The van der Waals surface area contributed by atoms with Crippen molar-refractivity contribution < 1.29 is 14.3 Å². The molecule has 0 unspecified atom stereocenters. The Morgan fingerprint density at radius 2 is 1.82 bits per heavy atom. The highest BCUT2D eigenvalue weighted by Gasteiger charge is 2.18. The predicted octanol–water partition coefficient (Wildman–Crippen LogP) is 3.66. The molecule has 2 aromatic rings. The molecule has 1 aliphatic carbocycles. The molecule has 0 radical (unpaired) electrons. The fourth-order valence-corrected chi connectivity index (χ4v) is 3.89. The zero-order valence-electron chi connectivity index (χ0n) is 17.0. The number of amides is 1. The molecule has 1 aromatic heterocycles. The number of hydrogen-bond donors (Lipinski definition) is 1. The van der Waals surface area contributed by atoms with Crippen molar-refractivity contribution >= 4 is 11.9 Å². The zero-order chi connectivity index (χ0) is 20.1. The van der Waals surface area contributed by atoms with E-state index in [4.69, 9.17) is 4.74 Å². The molecular formula is C22H29N3O3. The summed E-state index contributed by atoms with van der Waals surface area (Å²) in [6.07, 6.45) is 6.75. The number of hydrogen-bond acceptors (Lipinski definition) is 4. The molecule has 3 rings (SSSR count). The van der Waals surface area contributed by atoms with Gasteiger partial charge in [0.1, 0.15) is 0 Å². The van der Waals surface area contributed by atoms with Gasteiger partial charge in [-0.1, -0.05) is 19.3 Å². The van der Waals surface area contributed by atoms with Gasteiger partial charge in [-0.15, -0.1) is 0 Å². The van der Waals surface area contributed by atoms with Gasteiger partial charge in [0.15, 0.2) is 0 Å². The van der Waals surface area contributed by atoms with Crippen LogP contribution in [0.25, 0.3) is 5.69 Å². The molecule has 1 fully saturated rings. The molecule has 150 valence electrons. The first-order valence-electron chi connectivity index (χ1n) is 10.0. The van der Waals surface area contributed by atoms with E-state index in [2.05, 4.69) is 10.4 Å². The van der Waals surface area contributed by atoms with Crippen LogP contribution in [0.15, 0.2) is 24.3 Å². The van der Waals surface area contributed by atoms with Crippen molar-refractivity contribution in [2.45, 2.75) is 64.8 Å². The van der Waals surface area contributed by atoms with Gasteiger partial charge in [0, 0.05) is 23.7 Å². The molecule has 1 aromatic carbocycles. The Labute approximate surface area is 166 Å². The van der Waals surface area contributed by atoms with Crippen LogP contribution in [-0.4, -0.2) is 34.8 Å². The molecular weight excluding hydrogens is 354 g/mol. The van der Waals surface area contributed by atoms with Crippen molar-refractivity contribution in [1.82, 2.24) is 15.1 Å². The Morgan fingerprint density at radius 1 is 1.14 bits per heavy atom. The van der Waals surface area contributed by atoms with Crippen LogP contribution >= 0.6 is 0 Å². The lowest BCUT2D eigenvalue weighted by molar-refractivity contribution is -0.140. The first-order chi connectivity index (χ1) is 13.5. The molecule has 0 saturated heterocycles. The van der Waals surface area contributed by atoms with Crippen LogP contribution in [0.1, 0.15) is 65.8 Å². The number of esters is 1. The van der Waals surface area contributed by atoms with E-state index in [1.807, 2.05) is 42.8 Å². The summed E-state index contributed by atoms with van der Waals surface area (Å²) in [5, 5.41) is 7.76. The molecule has 6 heteroatoms. The van der Waals surface area contributed by atoms with Gasteiger partial charge in [-0.05, 0) is 62.9 Å². The minimum atomic E-state index is -0.222. The maximum atomic E-state index is 12.5. The Morgan fingerprint density at radius 3 is 2.46 bits per heavy atom. The Balaban J connectivity index is 1.70. The molecule has 0 aliphatic heterocycles.